The number of imidazole rings is 1. The first-order valence-electron chi connectivity index (χ1n) is 13.8. The summed E-state index contributed by atoms with van der Waals surface area (Å²) in [6.07, 6.45) is 2.60. The minimum Gasteiger partial charge on any atom is -0.340 e. The maximum Gasteiger partial charge on any atom is 0.224 e. The number of nitrogens with zero attached hydrogens (tertiary/aromatic N) is 2. The van der Waals surface area contributed by atoms with Gasteiger partial charge in [0, 0.05) is 29.4 Å². The van der Waals surface area contributed by atoms with E-state index in [1.165, 1.54) is 18.3 Å². The molecule has 1 amide bonds. The van der Waals surface area contributed by atoms with Gasteiger partial charge in [0.1, 0.15) is 11.5 Å². The number of aromatic amines is 2. The van der Waals surface area contributed by atoms with Gasteiger partial charge in [-0.2, -0.15) is 5.10 Å². The molecule has 2 aromatic heterocycles. The van der Waals surface area contributed by atoms with Gasteiger partial charge in [0.05, 0.1) is 17.1 Å². The Hall–Kier alpha value is -4.59. The zero-order valence-corrected chi connectivity index (χ0v) is 24.0. The minimum atomic E-state index is -0.412. The molecule has 5 rings (SSSR count). The number of aryl methyl sites for hydroxylation is 2. The van der Waals surface area contributed by atoms with Crippen LogP contribution in [0.15, 0.2) is 60.7 Å². The Labute approximate surface area is 239 Å². The molecule has 0 bridgehead atoms. The third kappa shape index (κ3) is 6.11. The number of nitrogens with one attached hydrogen (secondary N) is 4. The molecule has 0 radical (unpaired) electrons. The lowest BCUT2D eigenvalue weighted by atomic mass is 9.92. The van der Waals surface area contributed by atoms with Crippen LogP contribution in [0.5, 0.6) is 0 Å². The first-order valence-corrected chi connectivity index (χ1v) is 13.8. The Morgan fingerprint density at radius 1 is 1.07 bits per heavy atom. The molecule has 0 spiro atoms. The van der Waals surface area contributed by atoms with Crippen molar-refractivity contribution in [3.8, 4) is 22.6 Å². The number of benzene rings is 3. The number of hydrogen-bond acceptors (Lipinski definition) is 4. The first-order chi connectivity index (χ1) is 19.5. The molecule has 7 nitrogen and oxygen atoms in total. The molecule has 41 heavy (non-hydrogen) atoms. The van der Waals surface area contributed by atoms with Crippen molar-refractivity contribution in [1.82, 2.24) is 20.2 Å². The van der Waals surface area contributed by atoms with Gasteiger partial charge in [0.15, 0.2) is 5.82 Å². The molecule has 0 aliphatic carbocycles. The van der Waals surface area contributed by atoms with Crippen LogP contribution >= 0.6 is 0 Å². The van der Waals surface area contributed by atoms with Gasteiger partial charge < -0.3 is 15.7 Å². The summed E-state index contributed by atoms with van der Waals surface area (Å²) in [6, 6.07) is 18.4. The fourth-order valence-corrected chi connectivity index (χ4v) is 5.09. The summed E-state index contributed by atoms with van der Waals surface area (Å²) in [5, 5.41) is 19.7. The maximum atomic E-state index is 13.5. The number of rotatable bonds is 8. The maximum absolute atomic E-state index is 13.5. The Kier molecular flexibility index (Phi) is 7.58. The van der Waals surface area contributed by atoms with Crippen molar-refractivity contribution in [3.05, 3.63) is 89.0 Å². The summed E-state index contributed by atoms with van der Waals surface area (Å²) in [6.45, 7) is 10.2. The summed E-state index contributed by atoms with van der Waals surface area (Å²) in [5.74, 6) is -0.144. The molecule has 1 unspecified atom stereocenters. The van der Waals surface area contributed by atoms with Gasteiger partial charge in [0.25, 0.3) is 0 Å². The number of halogens is 1. The summed E-state index contributed by atoms with van der Waals surface area (Å²) < 4.78 is 13.5. The second-order valence-corrected chi connectivity index (χ2v) is 11.7. The van der Waals surface area contributed by atoms with E-state index in [1.54, 1.807) is 12.1 Å². The normalized spacial score (nSPS) is 12.4. The molecule has 5 aromatic rings. The van der Waals surface area contributed by atoms with Crippen molar-refractivity contribution < 1.29 is 9.18 Å². The van der Waals surface area contributed by atoms with Crippen molar-refractivity contribution in [3.63, 3.8) is 0 Å². The molecular formula is C33H35FN6O. The molecule has 0 aliphatic heterocycles. The molecule has 8 heteroatoms. The van der Waals surface area contributed by atoms with Crippen LogP contribution in [-0.4, -0.2) is 32.3 Å². The van der Waals surface area contributed by atoms with Crippen LogP contribution in [0.25, 0.3) is 33.5 Å². The molecule has 3 aromatic carbocycles. The highest BCUT2D eigenvalue weighted by Crippen LogP contribution is 2.33. The molecule has 1 atom stereocenters. The Balaban J connectivity index is 1.51. The van der Waals surface area contributed by atoms with Gasteiger partial charge in [-0.15, -0.1) is 0 Å². The standard InChI is InChI=1S/C33H35FN6O/c1-6-20-13-23(15-25(14-20)37-29(41)17-33(3,4)5)22-9-12-28-26(16-22)31(40-39-28)32-36-19(2)30(38-32)27(18-35)21-7-10-24(34)11-8-21/h7-16,18,27,35H,6,17H2,1-5H3,(H,36,38)(H,37,41)(H,39,40). The largest absolute Gasteiger partial charge is 0.340 e. The number of carbonyl (C=O) groups is 1. The second kappa shape index (κ2) is 11.1. The first kappa shape index (κ1) is 28.0. The molecular weight excluding hydrogens is 515 g/mol. The summed E-state index contributed by atoms with van der Waals surface area (Å²) in [4.78, 5) is 20.8. The number of anilines is 1. The van der Waals surface area contributed by atoms with Gasteiger partial charge >= 0.3 is 0 Å². The Bertz CT molecular complexity index is 1730. The van der Waals surface area contributed by atoms with Crippen molar-refractivity contribution in [2.24, 2.45) is 5.41 Å². The lowest BCUT2D eigenvalue weighted by Crippen LogP contribution is -2.19. The molecule has 2 heterocycles. The SMILES string of the molecule is CCc1cc(NC(=O)CC(C)(C)C)cc(-c2ccc3[nH]nc(-c4nc(C(C=N)c5ccc(F)cc5)c(C)[nH]4)c3c2)c1. The fraction of sp³-hybridized carbons (Fsp3) is 0.273. The lowest BCUT2D eigenvalue weighted by molar-refractivity contribution is -0.117. The second-order valence-electron chi connectivity index (χ2n) is 11.7. The topological polar surface area (TPSA) is 110 Å². The molecule has 210 valence electrons. The van der Waals surface area contributed by atoms with Crippen LogP contribution in [0, 0.1) is 23.6 Å². The van der Waals surface area contributed by atoms with Gasteiger partial charge in [0.2, 0.25) is 5.91 Å². The van der Waals surface area contributed by atoms with Crippen molar-refractivity contribution in [1.29, 1.82) is 5.41 Å². The number of aromatic nitrogens is 4. The smallest absolute Gasteiger partial charge is 0.224 e. The van der Waals surface area contributed by atoms with Crippen molar-refractivity contribution >= 4 is 28.7 Å². The Morgan fingerprint density at radius 3 is 2.51 bits per heavy atom. The minimum absolute atomic E-state index is 0.00265. The molecule has 0 saturated carbocycles. The summed E-state index contributed by atoms with van der Waals surface area (Å²) in [5.41, 5.74) is 7.65. The third-order valence-electron chi connectivity index (χ3n) is 7.11. The number of carbonyl (C=O) groups excluding carboxylic acids is 1. The summed E-state index contributed by atoms with van der Waals surface area (Å²) >= 11 is 0. The monoisotopic (exact) mass is 550 g/mol. The zero-order valence-electron chi connectivity index (χ0n) is 24.0. The summed E-state index contributed by atoms with van der Waals surface area (Å²) in [7, 11) is 0. The highest BCUT2D eigenvalue weighted by molar-refractivity contribution is 5.96. The van der Waals surface area contributed by atoms with E-state index >= 15 is 0 Å². The van der Waals surface area contributed by atoms with Gasteiger partial charge in [-0.1, -0.05) is 52.0 Å². The zero-order chi connectivity index (χ0) is 29.3. The molecule has 0 aliphatic rings. The highest BCUT2D eigenvalue weighted by Gasteiger charge is 2.22. The van der Waals surface area contributed by atoms with Crippen LogP contribution in [0.4, 0.5) is 10.1 Å². The van der Waals surface area contributed by atoms with E-state index in [0.717, 1.165) is 51.0 Å². The van der Waals surface area contributed by atoms with Crippen LogP contribution in [-0.2, 0) is 11.2 Å². The van der Waals surface area contributed by atoms with E-state index in [1.807, 2.05) is 31.2 Å². The van der Waals surface area contributed by atoms with Crippen molar-refractivity contribution in [2.75, 3.05) is 5.32 Å². The third-order valence-corrected chi connectivity index (χ3v) is 7.11. The fourth-order valence-electron chi connectivity index (χ4n) is 5.09. The molecule has 4 N–H and O–H groups in total. The van der Waals surface area contributed by atoms with Gasteiger partial charge in [-0.3, -0.25) is 9.89 Å². The van der Waals surface area contributed by atoms with Crippen LogP contribution < -0.4 is 5.32 Å². The quantitative estimate of drug-likeness (QED) is 0.148. The van der Waals surface area contributed by atoms with Gasteiger partial charge in [-0.25, -0.2) is 9.37 Å². The van der Waals surface area contributed by atoms with E-state index in [4.69, 9.17) is 10.4 Å². The lowest BCUT2D eigenvalue weighted by Gasteiger charge is -2.18. The van der Waals surface area contributed by atoms with E-state index in [-0.39, 0.29) is 17.1 Å². The van der Waals surface area contributed by atoms with Crippen LogP contribution in [0.1, 0.15) is 62.5 Å². The van der Waals surface area contributed by atoms with Crippen LogP contribution in [0.3, 0.4) is 0 Å². The average molecular weight is 551 g/mol. The highest BCUT2D eigenvalue weighted by atomic mass is 19.1. The van der Waals surface area contributed by atoms with E-state index in [2.05, 4.69) is 60.3 Å². The van der Waals surface area contributed by atoms with E-state index in [0.29, 0.717) is 23.6 Å². The predicted molar refractivity (Wildman–Crippen MR) is 163 cm³/mol. The number of fused-ring (bicyclic) bond motifs is 1. The Morgan fingerprint density at radius 2 is 1.83 bits per heavy atom. The number of amides is 1. The molecule has 0 fully saturated rings. The van der Waals surface area contributed by atoms with E-state index < -0.39 is 5.92 Å². The number of hydrogen-bond donors (Lipinski definition) is 4. The van der Waals surface area contributed by atoms with Gasteiger partial charge in [-0.05, 0) is 77.4 Å². The average Bonchev–Trinajstić information content (AvgIpc) is 3.51. The number of H-pyrrole nitrogens is 2. The predicted octanol–water partition coefficient (Wildman–Crippen LogP) is 7.79. The molecule has 0 saturated heterocycles. The van der Waals surface area contributed by atoms with Crippen LogP contribution in [0.2, 0.25) is 0 Å². The van der Waals surface area contributed by atoms with E-state index in [9.17, 15) is 9.18 Å². The van der Waals surface area contributed by atoms with Crippen molar-refractivity contribution in [2.45, 2.75) is 53.4 Å².